The number of hydrogen-bond acceptors (Lipinski definition) is 6. The summed E-state index contributed by atoms with van der Waals surface area (Å²) in [5.41, 5.74) is 0.220. The highest BCUT2D eigenvalue weighted by Gasteiger charge is 2.35. The van der Waals surface area contributed by atoms with Crippen molar-refractivity contribution in [3.05, 3.63) is 98.5 Å². The van der Waals surface area contributed by atoms with Crippen molar-refractivity contribution in [3.8, 4) is 0 Å². The zero-order valence-electron chi connectivity index (χ0n) is 23.5. The molecule has 1 saturated carbocycles. The van der Waals surface area contributed by atoms with E-state index in [2.05, 4.69) is 5.32 Å². The van der Waals surface area contributed by atoms with E-state index in [4.69, 9.17) is 23.2 Å². The molecule has 0 spiro atoms. The van der Waals surface area contributed by atoms with Crippen LogP contribution in [0.1, 0.15) is 44.6 Å². The van der Waals surface area contributed by atoms with Crippen LogP contribution >= 0.6 is 23.2 Å². The Kier molecular flexibility index (Phi) is 10.6. The van der Waals surface area contributed by atoms with Crippen molar-refractivity contribution in [1.82, 2.24) is 10.2 Å². The second-order valence-corrected chi connectivity index (χ2v) is 12.9. The molecule has 1 atom stereocenters. The Labute approximate surface area is 260 Å². The number of benzene rings is 3. The molecule has 0 aromatic heterocycles. The first-order valence-electron chi connectivity index (χ1n) is 13.9. The summed E-state index contributed by atoms with van der Waals surface area (Å²) >= 11 is 12.9. The lowest BCUT2D eigenvalue weighted by atomic mass is 10.1. The summed E-state index contributed by atoms with van der Waals surface area (Å²) in [7, 11) is -4.31. The number of anilines is 1. The van der Waals surface area contributed by atoms with Crippen LogP contribution in [0.2, 0.25) is 10.0 Å². The first-order chi connectivity index (χ1) is 20.5. The molecule has 2 amide bonds. The summed E-state index contributed by atoms with van der Waals surface area (Å²) in [5.74, 6) is -1.03. The SMILES string of the molecule is CC[C@@H](C(=O)NC1CCCC1)N(Cc1c(Cl)cccc1Cl)C(=O)CN(c1ccc([N+](=O)[O-])cc1)S(=O)(=O)c1ccccc1. The number of carbonyl (C=O) groups is 2. The van der Waals surface area contributed by atoms with Gasteiger partial charge in [0.05, 0.1) is 15.5 Å². The Morgan fingerprint density at radius 1 is 0.977 bits per heavy atom. The Bertz CT molecular complexity index is 1540. The van der Waals surface area contributed by atoms with Gasteiger partial charge in [-0.2, -0.15) is 0 Å². The van der Waals surface area contributed by atoms with Crippen LogP contribution in [0, 0.1) is 10.1 Å². The van der Waals surface area contributed by atoms with Gasteiger partial charge in [0.25, 0.3) is 15.7 Å². The number of nitrogens with one attached hydrogen (secondary N) is 1. The van der Waals surface area contributed by atoms with E-state index in [1.807, 2.05) is 0 Å². The zero-order chi connectivity index (χ0) is 31.1. The molecule has 3 aromatic rings. The van der Waals surface area contributed by atoms with E-state index >= 15 is 0 Å². The molecule has 1 aliphatic carbocycles. The summed E-state index contributed by atoms with van der Waals surface area (Å²) < 4.78 is 28.6. The first kappa shape index (κ1) is 32.2. The average Bonchev–Trinajstić information content (AvgIpc) is 3.50. The van der Waals surface area contributed by atoms with Crippen molar-refractivity contribution in [2.24, 2.45) is 0 Å². The number of non-ortho nitro benzene ring substituents is 1. The summed E-state index contributed by atoms with van der Waals surface area (Å²) in [5, 5.41) is 14.9. The molecule has 0 unspecified atom stereocenters. The third-order valence-electron chi connectivity index (χ3n) is 7.44. The summed E-state index contributed by atoms with van der Waals surface area (Å²) in [6, 6.07) is 16.4. The van der Waals surface area contributed by atoms with Gasteiger partial charge in [0.15, 0.2) is 0 Å². The molecule has 0 radical (unpaired) electrons. The molecule has 13 heteroatoms. The van der Waals surface area contributed by atoms with E-state index in [0.717, 1.165) is 30.0 Å². The number of nitrogens with zero attached hydrogens (tertiary/aromatic N) is 3. The molecular weight excluding hydrogens is 615 g/mol. The van der Waals surface area contributed by atoms with Crippen molar-refractivity contribution in [3.63, 3.8) is 0 Å². The maximum Gasteiger partial charge on any atom is 0.269 e. The molecule has 10 nitrogen and oxygen atoms in total. The topological polar surface area (TPSA) is 130 Å². The van der Waals surface area contributed by atoms with Crippen molar-refractivity contribution in [1.29, 1.82) is 0 Å². The number of sulfonamides is 1. The predicted molar refractivity (Wildman–Crippen MR) is 166 cm³/mol. The second-order valence-electron chi connectivity index (χ2n) is 10.2. The summed E-state index contributed by atoms with van der Waals surface area (Å²) in [6.07, 6.45) is 3.93. The lowest BCUT2D eigenvalue weighted by Crippen LogP contribution is -2.53. The number of halogens is 2. The van der Waals surface area contributed by atoms with Gasteiger partial charge >= 0.3 is 0 Å². The van der Waals surface area contributed by atoms with Crippen LogP contribution in [0.4, 0.5) is 11.4 Å². The predicted octanol–water partition coefficient (Wildman–Crippen LogP) is 5.96. The molecule has 1 fully saturated rings. The quantitative estimate of drug-likeness (QED) is 0.191. The van der Waals surface area contributed by atoms with Gasteiger partial charge in [-0.3, -0.25) is 24.0 Å². The average molecular weight is 648 g/mol. The van der Waals surface area contributed by atoms with Crippen LogP contribution in [0.25, 0.3) is 0 Å². The molecule has 1 N–H and O–H groups in total. The van der Waals surface area contributed by atoms with Crippen molar-refractivity contribution >= 4 is 56.4 Å². The van der Waals surface area contributed by atoms with Crippen LogP contribution in [-0.2, 0) is 26.2 Å². The van der Waals surface area contributed by atoms with E-state index in [0.29, 0.717) is 15.6 Å². The molecule has 43 heavy (non-hydrogen) atoms. The van der Waals surface area contributed by atoms with Crippen LogP contribution in [-0.4, -0.2) is 48.7 Å². The fraction of sp³-hybridized carbons (Fsp3) is 0.333. The fourth-order valence-electron chi connectivity index (χ4n) is 5.13. The van der Waals surface area contributed by atoms with E-state index < -0.39 is 33.4 Å². The van der Waals surface area contributed by atoms with E-state index in [9.17, 15) is 28.1 Å². The molecule has 0 aliphatic heterocycles. The first-order valence-corrected chi connectivity index (χ1v) is 16.1. The normalized spacial score (nSPS) is 14.2. The van der Waals surface area contributed by atoms with Crippen LogP contribution in [0.15, 0.2) is 77.7 Å². The monoisotopic (exact) mass is 646 g/mol. The van der Waals surface area contributed by atoms with Crippen molar-refractivity contribution in [2.75, 3.05) is 10.8 Å². The molecule has 4 rings (SSSR count). The number of amides is 2. The van der Waals surface area contributed by atoms with E-state index in [1.54, 1.807) is 43.3 Å². The van der Waals surface area contributed by atoms with E-state index in [1.165, 1.54) is 41.3 Å². The van der Waals surface area contributed by atoms with Crippen molar-refractivity contribution < 1.29 is 22.9 Å². The Hall–Kier alpha value is -3.67. The summed E-state index contributed by atoms with van der Waals surface area (Å²) in [6.45, 7) is 0.930. The standard InChI is InChI=1S/C30H32Cl2N4O6S/c1-2-28(30(38)33-21-9-6-7-10-21)34(19-25-26(31)13-8-14-27(25)32)29(37)20-35(22-15-17-23(18-16-22)36(39)40)43(41,42)24-11-4-3-5-12-24/h3-5,8,11-18,21,28H,2,6-7,9-10,19-20H2,1H3,(H,33,38)/t28-/m0/s1. The minimum absolute atomic E-state index is 0.00234. The van der Waals surface area contributed by atoms with Crippen molar-refractivity contribution in [2.45, 2.75) is 62.6 Å². The minimum Gasteiger partial charge on any atom is -0.352 e. The molecule has 228 valence electrons. The van der Waals surface area contributed by atoms with Crippen LogP contribution < -0.4 is 9.62 Å². The highest BCUT2D eigenvalue weighted by molar-refractivity contribution is 7.92. The van der Waals surface area contributed by atoms with Gasteiger partial charge in [-0.25, -0.2) is 8.42 Å². The molecular formula is C30H32Cl2N4O6S. The highest BCUT2D eigenvalue weighted by Crippen LogP contribution is 2.30. The van der Waals surface area contributed by atoms with Gasteiger partial charge in [0.2, 0.25) is 11.8 Å². The molecule has 0 bridgehead atoms. The van der Waals surface area contributed by atoms with Gasteiger partial charge in [0.1, 0.15) is 12.6 Å². The third kappa shape index (κ3) is 7.65. The van der Waals surface area contributed by atoms with Gasteiger partial charge < -0.3 is 10.2 Å². The lowest BCUT2D eigenvalue weighted by molar-refractivity contribution is -0.384. The van der Waals surface area contributed by atoms with Crippen LogP contribution in [0.3, 0.4) is 0 Å². The van der Waals surface area contributed by atoms with E-state index in [-0.39, 0.29) is 41.2 Å². The number of nitro groups is 1. The fourth-order valence-corrected chi connectivity index (χ4v) is 7.08. The van der Waals surface area contributed by atoms with Gasteiger partial charge in [-0.15, -0.1) is 0 Å². The van der Waals surface area contributed by atoms with Gasteiger partial charge in [-0.1, -0.05) is 67.2 Å². The second kappa shape index (κ2) is 14.2. The molecule has 0 saturated heterocycles. The Balaban J connectivity index is 1.75. The maximum atomic E-state index is 14.2. The maximum absolute atomic E-state index is 14.2. The molecule has 1 aliphatic rings. The number of rotatable bonds is 12. The third-order valence-corrected chi connectivity index (χ3v) is 9.93. The summed E-state index contributed by atoms with van der Waals surface area (Å²) in [4.78, 5) is 39.6. The van der Waals surface area contributed by atoms with Gasteiger partial charge in [-0.05, 0) is 55.7 Å². The Morgan fingerprint density at radius 3 is 2.14 bits per heavy atom. The molecule has 3 aromatic carbocycles. The van der Waals surface area contributed by atoms with Gasteiger partial charge in [0, 0.05) is 40.3 Å². The number of carbonyl (C=O) groups excluding carboxylic acids is 2. The Morgan fingerprint density at radius 2 is 1.58 bits per heavy atom. The van der Waals surface area contributed by atoms with Crippen LogP contribution in [0.5, 0.6) is 0 Å². The highest BCUT2D eigenvalue weighted by atomic mass is 35.5. The molecule has 0 heterocycles. The largest absolute Gasteiger partial charge is 0.352 e. The zero-order valence-corrected chi connectivity index (χ0v) is 25.8. The number of nitro benzene ring substituents is 1. The number of hydrogen-bond donors (Lipinski definition) is 1. The minimum atomic E-state index is -4.31. The lowest BCUT2D eigenvalue weighted by Gasteiger charge is -2.34. The smallest absolute Gasteiger partial charge is 0.269 e.